The van der Waals surface area contributed by atoms with Gasteiger partial charge in [-0.15, -0.1) is 0 Å². The average molecular weight is 277 g/mol. The number of piperazine rings is 1. The van der Waals surface area contributed by atoms with Crippen molar-refractivity contribution in [1.29, 1.82) is 0 Å². The number of hydrogen-bond acceptors (Lipinski definition) is 4. The number of rotatable bonds is 5. The van der Waals surface area contributed by atoms with Gasteiger partial charge < -0.3 is 10.0 Å². The third kappa shape index (κ3) is 4.28. The molecule has 110 valence electrons. The molecule has 0 aliphatic carbocycles. The molecule has 1 aromatic heterocycles. The van der Waals surface area contributed by atoms with Gasteiger partial charge in [0, 0.05) is 39.3 Å². The normalized spacial score (nSPS) is 17.6. The SMILES string of the molecule is CC(C)CN1CCN(Cc2cccc(C(=O)O)n2)CC1. The molecule has 1 saturated heterocycles. The fourth-order valence-corrected chi connectivity index (χ4v) is 2.56. The zero-order valence-corrected chi connectivity index (χ0v) is 12.2. The first kappa shape index (κ1) is 14.9. The zero-order valence-electron chi connectivity index (χ0n) is 12.2. The van der Waals surface area contributed by atoms with E-state index in [9.17, 15) is 4.79 Å². The van der Waals surface area contributed by atoms with Crippen molar-refractivity contribution in [1.82, 2.24) is 14.8 Å². The highest BCUT2D eigenvalue weighted by Gasteiger charge is 2.18. The molecule has 0 saturated carbocycles. The largest absolute Gasteiger partial charge is 0.477 e. The Balaban J connectivity index is 1.86. The van der Waals surface area contributed by atoms with E-state index < -0.39 is 5.97 Å². The van der Waals surface area contributed by atoms with Crippen molar-refractivity contribution < 1.29 is 9.90 Å². The molecular formula is C15H23N3O2. The van der Waals surface area contributed by atoms with Crippen LogP contribution in [-0.4, -0.2) is 58.6 Å². The Labute approximate surface area is 120 Å². The summed E-state index contributed by atoms with van der Waals surface area (Å²) in [7, 11) is 0. The van der Waals surface area contributed by atoms with Crippen molar-refractivity contribution in [3.8, 4) is 0 Å². The number of pyridine rings is 1. The first-order valence-corrected chi connectivity index (χ1v) is 7.18. The Kier molecular flexibility index (Phi) is 5.09. The molecule has 2 heterocycles. The highest BCUT2D eigenvalue weighted by atomic mass is 16.4. The van der Waals surface area contributed by atoms with Crippen molar-refractivity contribution in [2.24, 2.45) is 5.92 Å². The molecule has 0 spiro atoms. The summed E-state index contributed by atoms with van der Waals surface area (Å²) in [4.78, 5) is 19.9. The van der Waals surface area contributed by atoms with Crippen LogP contribution in [0.15, 0.2) is 18.2 Å². The summed E-state index contributed by atoms with van der Waals surface area (Å²) in [5, 5.41) is 8.95. The van der Waals surface area contributed by atoms with Crippen LogP contribution in [-0.2, 0) is 6.54 Å². The number of carbonyl (C=O) groups is 1. The zero-order chi connectivity index (χ0) is 14.5. The predicted molar refractivity (Wildman–Crippen MR) is 77.8 cm³/mol. The van der Waals surface area contributed by atoms with Crippen LogP contribution in [0, 0.1) is 5.92 Å². The predicted octanol–water partition coefficient (Wildman–Crippen LogP) is 1.55. The lowest BCUT2D eigenvalue weighted by molar-refractivity contribution is 0.0689. The minimum absolute atomic E-state index is 0.126. The van der Waals surface area contributed by atoms with E-state index in [4.69, 9.17) is 5.11 Å². The Morgan fingerprint density at radius 3 is 2.50 bits per heavy atom. The summed E-state index contributed by atoms with van der Waals surface area (Å²) in [6, 6.07) is 5.19. The van der Waals surface area contributed by atoms with Gasteiger partial charge >= 0.3 is 5.97 Å². The van der Waals surface area contributed by atoms with E-state index in [2.05, 4.69) is 28.6 Å². The third-order valence-electron chi connectivity index (χ3n) is 3.50. The van der Waals surface area contributed by atoms with E-state index in [1.807, 2.05) is 6.07 Å². The molecular weight excluding hydrogens is 254 g/mol. The summed E-state index contributed by atoms with van der Waals surface area (Å²) < 4.78 is 0. The summed E-state index contributed by atoms with van der Waals surface area (Å²) >= 11 is 0. The fourth-order valence-electron chi connectivity index (χ4n) is 2.56. The number of aromatic nitrogens is 1. The van der Waals surface area contributed by atoms with E-state index in [0.717, 1.165) is 45.0 Å². The summed E-state index contributed by atoms with van der Waals surface area (Å²) in [5.74, 6) is -0.260. The highest BCUT2D eigenvalue weighted by Crippen LogP contribution is 2.09. The van der Waals surface area contributed by atoms with Crippen molar-refractivity contribution in [3.05, 3.63) is 29.6 Å². The lowest BCUT2D eigenvalue weighted by atomic mass is 10.2. The lowest BCUT2D eigenvalue weighted by Crippen LogP contribution is -2.47. The van der Waals surface area contributed by atoms with Crippen LogP contribution in [0.25, 0.3) is 0 Å². The second-order valence-electron chi connectivity index (χ2n) is 5.79. The van der Waals surface area contributed by atoms with Crippen LogP contribution < -0.4 is 0 Å². The maximum absolute atomic E-state index is 10.9. The Bertz CT molecular complexity index is 454. The molecule has 5 nitrogen and oxygen atoms in total. The Morgan fingerprint density at radius 2 is 1.90 bits per heavy atom. The van der Waals surface area contributed by atoms with Crippen molar-refractivity contribution in [2.75, 3.05) is 32.7 Å². The molecule has 0 atom stereocenters. The molecule has 2 rings (SSSR count). The van der Waals surface area contributed by atoms with E-state index in [1.165, 1.54) is 6.07 Å². The van der Waals surface area contributed by atoms with Gasteiger partial charge in [0.25, 0.3) is 0 Å². The molecule has 1 fully saturated rings. The molecule has 0 bridgehead atoms. The monoisotopic (exact) mass is 277 g/mol. The number of carboxylic acid groups (broad SMARTS) is 1. The van der Waals surface area contributed by atoms with Crippen LogP contribution in [0.2, 0.25) is 0 Å². The van der Waals surface area contributed by atoms with Crippen LogP contribution >= 0.6 is 0 Å². The molecule has 20 heavy (non-hydrogen) atoms. The van der Waals surface area contributed by atoms with Gasteiger partial charge in [-0.25, -0.2) is 9.78 Å². The van der Waals surface area contributed by atoms with Crippen molar-refractivity contribution >= 4 is 5.97 Å². The van der Waals surface area contributed by atoms with Gasteiger partial charge in [-0.3, -0.25) is 4.90 Å². The van der Waals surface area contributed by atoms with Gasteiger partial charge in [0.1, 0.15) is 5.69 Å². The van der Waals surface area contributed by atoms with Crippen LogP contribution in [0.5, 0.6) is 0 Å². The number of hydrogen-bond donors (Lipinski definition) is 1. The number of carboxylic acids is 1. The van der Waals surface area contributed by atoms with Gasteiger partial charge in [-0.2, -0.15) is 0 Å². The molecule has 1 aliphatic rings. The third-order valence-corrected chi connectivity index (χ3v) is 3.50. The van der Waals surface area contributed by atoms with E-state index in [-0.39, 0.29) is 5.69 Å². The van der Waals surface area contributed by atoms with Gasteiger partial charge in [-0.05, 0) is 18.1 Å². The molecule has 1 N–H and O–H groups in total. The molecule has 1 aromatic rings. The molecule has 0 unspecified atom stereocenters. The molecule has 0 aromatic carbocycles. The summed E-state index contributed by atoms with van der Waals surface area (Å²) in [6.45, 7) is 10.6. The second kappa shape index (κ2) is 6.81. The van der Waals surface area contributed by atoms with Crippen molar-refractivity contribution in [2.45, 2.75) is 20.4 Å². The molecule has 5 heteroatoms. The molecule has 0 radical (unpaired) electrons. The smallest absolute Gasteiger partial charge is 0.354 e. The minimum Gasteiger partial charge on any atom is -0.477 e. The van der Waals surface area contributed by atoms with E-state index in [1.54, 1.807) is 6.07 Å². The van der Waals surface area contributed by atoms with E-state index in [0.29, 0.717) is 5.92 Å². The number of aromatic carboxylic acids is 1. The maximum Gasteiger partial charge on any atom is 0.354 e. The quantitative estimate of drug-likeness (QED) is 0.885. The van der Waals surface area contributed by atoms with Crippen molar-refractivity contribution in [3.63, 3.8) is 0 Å². The summed E-state index contributed by atoms with van der Waals surface area (Å²) in [5.41, 5.74) is 0.961. The molecule has 0 amide bonds. The average Bonchev–Trinajstić information content (AvgIpc) is 2.41. The first-order valence-electron chi connectivity index (χ1n) is 7.18. The Morgan fingerprint density at radius 1 is 1.25 bits per heavy atom. The maximum atomic E-state index is 10.9. The van der Waals surface area contributed by atoms with Gasteiger partial charge in [-0.1, -0.05) is 19.9 Å². The van der Waals surface area contributed by atoms with Crippen LogP contribution in [0.4, 0.5) is 0 Å². The highest BCUT2D eigenvalue weighted by molar-refractivity contribution is 5.85. The first-order chi connectivity index (χ1) is 9.54. The lowest BCUT2D eigenvalue weighted by Gasteiger charge is -2.35. The summed E-state index contributed by atoms with van der Waals surface area (Å²) in [6.07, 6.45) is 0. The Hall–Kier alpha value is -1.46. The number of nitrogens with zero attached hydrogens (tertiary/aromatic N) is 3. The molecule has 1 aliphatic heterocycles. The van der Waals surface area contributed by atoms with Gasteiger partial charge in [0.05, 0.1) is 5.69 Å². The standard InChI is InChI=1S/C15H23N3O2/c1-12(2)10-17-6-8-18(9-7-17)11-13-4-3-5-14(16-13)15(19)20/h3-5,12H,6-11H2,1-2H3,(H,19,20). The fraction of sp³-hybridized carbons (Fsp3) is 0.600. The minimum atomic E-state index is -0.964. The van der Waals surface area contributed by atoms with E-state index >= 15 is 0 Å². The van der Waals surface area contributed by atoms with Gasteiger partial charge in [0.2, 0.25) is 0 Å². The topological polar surface area (TPSA) is 56.7 Å². The van der Waals surface area contributed by atoms with Crippen LogP contribution in [0.1, 0.15) is 30.0 Å². The van der Waals surface area contributed by atoms with Gasteiger partial charge in [0.15, 0.2) is 0 Å². The second-order valence-corrected chi connectivity index (χ2v) is 5.79. The van der Waals surface area contributed by atoms with Crippen LogP contribution in [0.3, 0.4) is 0 Å².